The lowest BCUT2D eigenvalue weighted by Gasteiger charge is -2.41. The average Bonchev–Trinajstić information content (AvgIpc) is 2.53. The molecule has 2 fully saturated rings. The Morgan fingerprint density at radius 3 is 2.29 bits per heavy atom. The summed E-state index contributed by atoms with van der Waals surface area (Å²) in [5, 5.41) is 3.44. The summed E-state index contributed by atoms with van der Waals surface area (Å²) in [5.41, 5.74) is 0. The first-order chi connectivity index (χ1) is 11.2. The van der Waals surface area contributed by atoms with Gasteiger partial charge in [0.25, 0.3) is 0 Å². The third-order valence-electron chi connectivity index (χ3n) is 4.61. The van der Waals surface area contributed by atoms with Crippen LogP contribution in [0.4, 0.5) is 0 Å². The lowest BCUT2D eigenvalue weighted by atomic mass is 9.96. The van der Waals surface area contributed by atoms with Gasteiger partial charge in [0.05, 0.1) is 12.0 Å². The Balaban J connectivity index is 2.02. The number of nitrogens with zero attached hydrogens (tertiary/aromatic N) is 1. The van der Waals surface area contributed by atoms with Crippen molar-refractivity contribution < 1.29 is 21.6 Å². The minimum atomic E-state index is -3.83. The SMILES string of the molecule is COc1ccc(S(C)(=O)=O)cc1S(=O)(=O)N1CC2CCCC(C1)N2. The molecule has 9 heteroatoms. The highest BCUT2D eigenvalue weighted by Gasteiger charge is 2.37. The Bertz CT molecular complexity index is 823. The van der Waals surface area contributed by atoms with Crippen LogP contribution in [0.25, 0.3) is 0 Å². The highest BCUT2D eigenvalue weighted by Crippen LogP contribution is 2.31. The summed E-state index contributed by atoms with van der Waals surface area (Å²) in [6.45, 7) is 0.788. The van der Waals surface area contributed by atoms with Gasteiger partial charge in [0.15, 0.2) is 9.84 Å². The Kier molecular flexibility index (Phi) is 4.63. The van der Waals surface area contributed by atoms with Crippen molar-refractivity contribution in [3.8, 4) is 5.75 Å². The number of sulfonamides is 1. The number of piperazine rings is 1. The molecule has 0 amide bonds. The van der Waals surface area contributed by atoms with Crippen molar-refractivity contribution in [2.75, 3.05) is 26.5 Å². The number of ether oxygens (including phenoxy) is 1. The van der Waals surface area contributed by atoms with Gasteiger partial charge in [0.1, 0.15) is 10.6 Å². The summed E-state index contributed by atoms with van der Waals surface area (Å²) >= 11 is 0. The van der Waals surface area contributed by atoms with Gasteiger partial charge < -0.3 is 10.1 Å². The molecule has 24 heavy (non-hydrogen) atoms. The highest BCUT2D eigenvalue weighted by molar-refractivity contribution is 7.91. The number of methoxy groups -OCH3 is 1. The molecule has 134 valence electrons. The molecule has 1 N–H and O–H groups in total. The van der Waals surface area contributed by atoms with E-state index >= 15 is 0 Å². The lowest BCUT2D eigenvalue weighted by Crippen LogP contribution is -2.59. The van der Waals surface area contributed by atoms with E-state index < -0.39 is 19.9 Å². The Hall–Kier alpha value is -1.16. The molecular formula is C15H22N2O5S2. The van der Waals surface area contributed by atoms with Crippen molar-refractivity contribution in [1.29, 1.82) is 0 Å². The summed E-state index contributed by atoms with van der Waals surface area (Å²) in [4.78, 5) is -0.120. The minimum absolute atomic E-state index is 0.0304. The van der Waals surface area contributed by atoms with Gasteiger partial charge in [0, 0.05) is 31.4 Å². The molecular weight excluding hydrogens is 352 g/mol. The van der Waals surface area contributed by atoms with E-state index in [2.05, 4.69) is 5.32 Å². The number of rotatable bonds is 4. The van der Waals surface area contributed by atoms with Crippen molar-refractivity contribution in [3.63, 3.8) is 0 Å². The molecule has 2 atom stereocenters. The fraction of sp³-hybridized carbons (Fsp3) is 0.600. The number of hydrogen-bond acceptors (Lipinski definition) is 6. The summed E-state index contributed by atoms with van der Waals surface area (Å²) in [5.74, 6) is 0.158. The van der Waals surface area contributed by atoms with Crippen LogP contribution in [0.2, 0.25) is 0 Å². The highest BCUT2D eigenvalue weighted by atomic mass is 32.2. The van der Waals surface area contributed by atoms with Gasteiger partial charge in [-0.05, 0) is 31.0 Å². The number of fused-ring (bicyclic) bond motifs is 2. The van der Waals surface area contributed by atoms with Crippen LogP contribution in [0.5, 0.6) is 5.75 Å². The Morgan fingerprint density at radius 2 is 1.75 bits per heavy atom. The molecule has 2 unspecified atom stereocenters. The third kappa shape index (κ3) is 3.30. The van der Waals surface area contributed by atoms with Crippen LogP contribution in [0.1, 0.15) is 19.3 Å². The molecule has 0 saturated carbocycles. The van der Waals surface area contributed by atoms with Crippen LogP contribution in [-0.4, -0.2) is 59.7 Å². The monoisotopic (exact) mass is 374 g/mol. The van der Waals surface area contributed by atoms with Crippen molar-refractivity contribution in [1.82, 2.24) is 9.62 Å². The van der Waals surface area contributed by atoms with Crippen LogP contribution < -0.4 is 10.1 Å². The van der Waals surface area contributed by atoms with Crippen molar-refractivity contribution in [3.05, 3.63) is 18.2 Å². The zero-order chi connectivity index (χ0) is 17.5. The largest absolute Gasteiger partial charge is 0.495 e. The van der Waals surface area contributed by atoms with E-state index in [9.17, 15) is 16.8 Å². The molecule has 7 nitrogen and oxygen atoms in total. The van der Waals surface area contributed by atoms with Gasteiger partial charge in [-0.15, -0.1) is 0 Å². The fourth-order valence-electron chi connectivity index (χ4n) is 3.39. The third-order valence-corrected chi connectivity index (χ3v) is 7.57. The van der Waals surface area contributed by atoms with Gasteiger partial charge in [-0.25, -0.2) is 16.8 Å². The van der Waals surface area contributed by atoms with Gasteiger partial charge >= 0.3 is 0 Å². The molecule has 2 aliphatic rings. The smallest absolute Gasteiger partial charge is 0.246 e. The Morgan fingerprint density at radius 1 is 1.12 bits per heavy atom. The second-order valence-corrected chi connectivity index (χ2v) is 10.3. The van der Waals surface area contributed by atoms with Crippen LogP contribution in [-0.2, 0) is 19.9 Å². The first kappa shape index (κ1) is 17.7. The molecule has 1 aromatic rings. The molecule has 0 spiro atoms. The topological polar surface area (TPSA) is 92.8 Å². The van der Waals surface area contributed by atoms with Crippen molar-refractivity contribution in [2.24, 2.45) is 0 Å². The normalized spacial score (nSPS) is 25.4. The van der Waals surface area contributed by atoms with E-state index in [-0.39, 0.29) is 27.6 Å². The molecule has 2 aliphatic heterocycles. The first-order valence-electron chi connectivity index (χ1n) is 7.86. The van der Waals surface area contributed by atoms with Crippen LogP contribution in [0.3, 0.4) is 0 Å². The van der Waals surface area contributed by atoms with E-state index in [4.69, 9.17) is 4.74 Å². The fourth-order valence-corrected chi connectivity index (χ4v) is 5.82. The van der Waals surface area contributed by atoms with Crippen LogP contribution in [0, 0.1) is 0 Å². The van der Waals surface area contributed by atoms with E-state index in [1.54, 1.807) is 0 Å². The molecule has 0 aliphatic carbocycles. The number of piperidine rings is 1. The summed E-state index contributed by atoms with van der Waals surface area (Å²) in [7, 11) is -5.96. The lowest BCUT2D eigenvalue weighted by molar-refractivity contribution is 0.190. The summed E-state index contributed by atoms with van der Waals surface area (Å²) < 4.78 is 56.4. The van der Waals surface area contributed by atoms with Gasteiger partial charge in [0.2, 0.25) is 10.0 Å². The molecule has 2 heterocycles. The predicted octanol–water partition coefficient (Wildman–Crippen LogP) is 0.614. The Labute approximate surface area is 143 Å². The maximum atomic E-state index is 13.1. The number of hydrogen-bond donors (Lipinski definition) is 1. The van der Waals surface area contributed by atoms with Crippen molar-refractivity contribution in [2.45, 2.75) is 41.1 Å². The van der Waals surface area contributed by atoms with E-state index in [0.29, 0.717) is 13.1 Å². The number of benzene rings is 1. The number of sulfone groups is 1. The van der Waals surface area contributed by atoms with Gasteiger partial charge in [-0.3, -0.25) is 0 Å². The second-order valence-electron chi connectivity index (χ2n) is 6.40. The van der Waals surface area contributed by atoms with Crippen LogP contribution >= 0.6 is 0 Å². The van der Waals surface area contributed by atoms with Gasteiger partial charge in [-0.1, -0.05) is 6.42 Å². The van der Waals surface area contributed by atoms with Gasteiger partial charge in [-0.2, -0.15) is 4.31 Å². The quantitative estimate of drug-likeness (QED) is 0.830. The summed E-state index contributed by atoms with van der Waals surface area (Å²) in [6.07, 6.45) is 4.05. The molecule has 2 saturated heterocycles. The second kappa shape index (κ2) is 6.29. The molecule has 2 bridgehead atoms. The molecule has 0 aromatic heterocycles. The number of nitrogens with one attached hydrogen (secondary N) is 1. The summed E-state index contributed by atoms with van der Waals surface area (Å²) in [6, 6.07) is 4.25. The average molecular weight is 374 g/mol. The predicted molar refractivity (Wildman–Crippen MR) is 89.4 cm³/mol. The standard InChI is InChI=1S/C15H22N2O5S2/c1-22-14-7-6-13(23(2,18)19)8-15(14)24(20,21)17-9-11-4-3-5-12(10-17)16-11/h6-8,11-12,16H,3-5,9-10H2,1-2H3. The zero-order valence-electron chi connectivity index (χ0n) is 13.7. The van der Waals surface area contributed by atoms with E-state index in [1.807, 2.05) is 0 Å². The first-order valence-corrected chi connectivity index (χ1v) is 11.2. The minimum Gasteiger partial charge on any atom is -0.495 e. The van der Waals surface area contributed by atoms with Crippen LogP contribution in [0.15, 0.2) is 28.0 Å². The maximum Gasteiger partial charge on any atom is 0.246 e. The van der Waals surface area contributed by atoms with E-state index in [1.165, 1.54) is 29.6 Å². The maximum absolute atomic E-state index is 13.1. The zero-order valence-corrected chi connectivity index (χ0v) is 15.4. The van der Waals surface area contributed by atoms with E-state index in [0.717, 1.165) is 25.5 Å². The molecule has 1 aromatic carbocycles. The van der Waals surface area contributed by atoms with Crippen molar-refractivity contribution >= 4 is 19.9 Å². The molecule has 3 rings (SSSR count). The molecule has 0 radical (unpaired) electrons.